The summed E-state index contributed by atoms with van der Waals surface area (Å²) in [5.41, 5.74) is 0. The van der Waals surface area contributed by atoms with Crippen LogP contribution < -0.4 is 5.32 Å². The quantitative estimate of drug-likeness (QED) is 0.621. The number of aliphatic carboxylic acids is 1. The maximum Gasteiger partial charge on any atom is 0.307 e. The number of hydrogen-bond donors (Lipinski definition) is 2. The predicted octanol–water partition coefficient (Wildman–Crippen LogP) is 0.886. The van der Waals surface area contributed by atoms with E-state index >= 15 is 0 Å². The molecule has 1 aliphatic rings. The second-order valence-electron chi connectivity index (χ2n) is 4.87. The molecule has 0 aromatic heterocycles. The van der Waals surface area contributed by atoms with Crippen LogP contribution >= 0.6 is 0 Å². The SMILES string of the molecule is CC(C)CCOCCNC(=O)C1CC1C(=O)O. The summed E-state index contributed by atoms with van der Waals surface area (Å²) >= 11 is 0. The Morgan fingerprint density at radius 2 is 2.06 bits per heavy atom. The largest absolute Gasteiger partial charge is 0.481 e. The van der Waals surface area contributed by atoms with Crippen LogP contribution in [0.25, 0.3) is 0 Å². The third-order valence-corrected chi connectivity index (χ3v) is 2.83. The number of hydrogen-bond acceptors (Lipinski definition) is 3. The first-order valence-corrected chi connectivity index (χ1v) is 6.10. The highest BCUT2D eigenvalue weighted by molar-refractivity contribution is 5.89. The van der Waals surface area contributed by atoms with E-state index in [1.807, 2.05) is 0 Å². The zero-order valence-corrected chi connectivity index (χ0v) is 10.4. The average molecular weight is 243 g/mol. The number of nitrogens with one attached hydrogen (secondary N) is 1. The van der Waals surface area contributed by atoms with Gasteiger partial charge in [-0.25, -0.2) is 0 Å². The third-order valence-electron chi connectivity index (χ3n) is 2.83. The molecule has 1 saturated carbocycles. The number of carbonyl (C=O) groups excluding carboxylic acids is 1. The van der Waals surface area contributed by atoms with Gasteiger partial charge in [0.25, 0.3) is 0 Å². The highest BCUT2D eigenvalue weighted by Gasteiger charge is 2.48. The molecule has 5 heteroatoms. The van der Waals surface area contributed by atoms with E-state index in [4.69, 9.17) is 9.84 Å². The lowest BCUT2D eigenvalue weighted by molar-refractivity contribution is -0.140. The van der Waals surface area contributed by atoms with Crippen molar-refractivity contribution in [3.63, 3.8) is 0 Å². The van der Waals surface area contributed by atoms with Gasteiger partial charge in [-0.15, -0.1) is 0 Å². The maximum atomic E-state index is 11.4. The van der Waals surface area contributed by atoms with E-state index in [9.17, 15) is 9.59 Å². The molecule has 0 saturated heterocycles. The summed E-state index contributed by atoms with van der Waals surface area (Å²) in [5, 5.41) is 11.4. The molecule has 1 amide bonds. The van der Waals surface area contributed by atoms with Crippen LogP contribution in [0.5, 0.6) is 0 Å². The Morgan fingerprint density at radius 1 is 1.35 bits per heavy atom. The number of rotatable bonds is 8. The van der Waals surface area contributed by atoms with Crippen LogP contribution in [0.1, 0.15) is 26.7 Å². The topological polar surface area (TPSA) is 75.6 Å². The highest BCUT2D eigenvalue weighted by atomic mass is 16.5. The van der Waals surface area contributed by atoms with Crippen LogP contribution in [0.15, 0.2) is 0 Å². The van der Waals surface area contributed by atoms with Gasteiger partial charge in [-0.2, -0.15) is 0 Å². The number of ether oxygens (including phenoxy) is 1. The second-order valence-corrected chi connectivity index (χ2v) is 4.87. The molecule has 1 aliphatic carbocycles. The van der Waals surface area contributed by atoms with Crippen molar-refractivity contribution >= 4 is 11.9 Å². The van der Waals surface area contributed by atoms with Crippen molar-refractivity contribution in [1.29, 1.82) is 0 Å². The van der Waals surface area contributed by atoms with Crippen LogP contribution in [0, 0.1) is 17.8 Å². The van der Waals surface area contributed by atoms with Crippen LogP contribution in [0.2, 0.25) is 0 Å². The van der Waals surface area contributed by atoms with Gasteiger partial charge in [0.2, 0.25) is 5.91 Å². The van der Waals surface area contributed by atoms with E-state index in [1.54, 1.807) is 0 Å². The number of carboxylic acids is 1. The van der Waals surface area contributed by atoms with E-state index in [2.05, 4.69) is 19.2 Å². The first kappa shape index (κ1) is 14.0. The fraction of sp³-hybridized carbons (Fsp3) is 0.833. The molecule has 0 radical (unpaired) electrons. The van der Waals surface area contributed by atoms with Gasteiger partial charge in [-0.05, 0) is 18.8 Å². The standard InChI is InChI=1S/C12H21NO4/c1-8(2)3-5-17-6-4-13-11(14)9-7-10(9)12(15)16/h8-10H,3-7H2,1-2H3,(H,13,14)(H,15,16). The van der Waals surface area contributed by atoms with Gasteiger partial charge >= 0.3 is 5.97 Å². The summed E-state index contributed by atoms with van der Waals surface area (Å²) < 4.78 is 5.34. The minimum absolute atomic E-state index is 0.162. The molecule has 0 aromatic carbocycles. The Kier molecular flexibility index (Phi) is 5.41. The van der Waals surface area contributed by atoms with E-state index in [-0.39, 0.29) is 11.8 Å². The Morgan fingerprint density at radius 3 is 2.59 bits per heavy atom. The molecule has 5 nitrogen and oxygen atoms in total. The van der Waals surface area contributed by atoms with Crippen LogP contribution in [-0.2, 0) is 14.3 Å². The number of amides is 1. The third kappa shape index (κ3) is 5.17. The predicted molar refractivity (Wildman–Crippen MR) is 62.5 cm³/mol. The van der Waals surface area contributed by atoms with Gasteiger partial charge in [0.15, 0.2) is 0 Å². The smallest absolute Gasteiger partial charge is 0.307 e. The Balaban J connectivity index is 1.97. The lowest BCUT2D eigenvalue weighted by Gasteiger charge is -2.07. The van der Waals surface area contributed by atoms with E-state index in [0.717, 1.165) is 6.42 Å². The molecular formula is C12H21NO4. The highest BCUT2D eigenvalue weighted by Crippen LogP contribution is 2.38. The fourth-order valence-electron chi connectivity index (χ4n) is 1.56. The van der Waals surface area contributed by atoms with Crippen molar-refractivity contribution in [3.8, 4) is 0 Å². The Labute approximate surface area is 102 Å². The molecule has 0 bridgehead atoms. The van der Waals surface area contributed by atoms with Gasteiger partial charge in [0.05, 0.1) is 18.4 Å². The minimum atomic E-state index is -0.877. The average Bonchev–Trinajstić information content (AvgIpc) is 3.02. The van der Waals surface area contributed by atoms with Gasteiger partial charge < -0.3 is 15.2 Å². The summed E-state index contributed by atoms with van der Waals surface area (Å²) in [4.78, 5) is 22.0. The zero-order valence-electron chi connectivity index (χ0n) is 10.4. The molecule has 1 fully saturated rings. The molecule has 2 N–H and O–H groups in total. The van der Waals surface area contributed by atoms with Crippen molar-refractivity contribution in [2.75, 3.05) is 19.8 Å². The first-order chi connectivity index (χ1) is 8.02. The van der Waals surface area contributed by atoms with Gasteiger partial charge in [-0.3, -0.25) is 9.59 Å². The van der Waals surface area contributed by atoms with Gasteiger partial charge in [-0.1, -0.05) is 13.8 Å². The molecular weight excluding hydrogens is 222 g/mol. The van der Waals surface area contributed by atoms with Crippen LogP contribution in [0.3, 0.4) is 0 Å². The summed E-state index contributed by atoms with van der Waals surface area (Å²) in [6.45, 7) is 5.91. The Hall–Kier alpha value is -1.10. The van der Waals surface area contributed by atoms with Gasteiger partial charge in [0.1, 0.15) is 0 Å². The molecule has 0 heterocycles. The lowest BCUT2D eigenvalue weighted by Crippen LogP contribution is -2.29. The van der Waals surface area contributed by atoms with E-state index in [1.165, 1.54) is 0 Å². The Bertz CT molecular complexity index is 278. The molecule has 0 aromatic rings. The van der Waals surface area contributed by atoms with E-state index in [0.29, 0.717) is 32.1 Å². The normalized spacial score (nSPS) is 22.5. The van der Waals surface area contributed by atoms with Gasteiger partial charge in [0, 0.05) is 13.2 Å². The summed E-state index contributed by atoms with van der Waals surface area (Å²) in [5.74, 6) is -1.23. The fourth-order valence-corrected chi connectivity index (χ4v) is 1.56. The van der Waals surface area contributed by atoms with Crippen molar-refractivity contribution < 1.29 is 19.4 Å². The molecule has 17 heavy (non-hydrogen) atoms. The van der Waals surface area contributed by atoms with Crippen LogP contribution in [-0.4, -0.2) is 36.7 Å². The van der Waals surface area contributed by atoms with E-state index < -0.39 is 11.9 Å². The molecule has 98 valence electrons. The van der Waals surface area contributed by atoms with Crippen molar-refractivity contribution in [1.82, 2.24) is 5.32 Å². The molecule has 2 atom stereocenters. The monoisotopic (exact) mass is 243 g/mol. The zero-order chi connectivity index (χ0) is 12.8. The maximum absolute atomic E-state index is 11.4. The molecule has 0 spiro atoms. The van der Waals surface area contributed by atoms with Crippen molar-refractivity contribution in [2.24, 2.45) is 17.8 Å². The summed E-state index contributed by atoms with van der Waals surface area (Å²) in [6.07, 6.45) is 1.48. The second kappa shape index (κ2) is 6.59. The first-order valence-electron chi connectivity index (χ1n) is 6.10. The molecule has 0 aliphatic heterocycles. The minimum Gasteiger partial charge on any atom is -0.481 e. The lowest BCUT2D eigenvalue weighted by atomic mass is 10.1. The van der Waals surface area contributed by atoms with Crippen molar-refractivity contribution in [3.05, 3.63) is 0 Å². The molecule has 1 rings (SSSR count). The summed E-state index contributed by atoms with van der Waals surface area (Å²) in [6, 6.07) is 0. The number of carboxylic acid groups (broad SMARTS) is 1. The molecule has 2 unspecified atom stereocenters. The van der Waals surface area contributed by atoms with Crippen molar-refractivity contribution in [2.45, 2.75) is 26.7 Å². The summed E-state index contributed by atoms with van der Waals surface area (Å²) in [7, 11) is 0. The number of carbonyl (C=O) groups is 2. The van der Waals surface area contributed by atoms with Crippen LogP contribution in [0.4, 0.5) is 0 Å².